The summed E-state index contributed by atoms with van der Waals surface area (Å²) < 4.78 is 0. The molecule has 0 saturated carbocycles. The molecule has 0 spiro atoms. The van der Waals surface area contributed by atoms with Gasteiger partial charge in [-0.25, -0.2) is 0 Å². The number of hydrogen-bond acceptors (Lipinski definition) is 4. The average Bonchev–Trinajstić information content (AvgIpc) is 2.31. The number of carbonyl (C=O) groups excluding carboxylic acids is 4. The molecule has 0 bridgehead atoms. The Bertz CT molecular complexity index is 260. The molecule has 0 unspecified atom stereocenters. The highest BCUT2D eigenvalue weighted by Crippen LogP contribution is 1.82. The van der Waals surface area contributed by atoms with Crippen LogP contribution in [-0.2, 0) is 19.2 Å². The number of hydrogen-bond donors (Lipinski definition) is 3. The maximum Gasteiger partial charge on any atom is 0.250 e. The first-order chi connectivity index (χ1) is 6.75. The number of nitrogens with two attached hydrogens (primary N) is 2. The maximum absolute atomic E-state index is 10.0. The second-order valence-electron chi connectivity index (χ2n) is 2.41. The van der Waals surface area contributed by atoms with Crippen molar-refractivity contribution in [1.29, 1.82) is 0 Å². The predicted molar refractivity (Wildman–Crippen MR) is 52.0 cm³/mol. The van der Waals surface area contributed by atoms with Gasteiger partial charge in [0.2, 0.25) is 11.8 Å². The summed E-state index contributed by atoms with van der Waals surface area (Å²) in [6.07, 6.45) is 2.39. The zero-order valence-electron chi connectivity index (χ0n) is 8.44. The Morgan fingerprint density at radius 3 is 1.27 bits per heavy atom. The molecule has 5 N–H and O–H groups in total. The van der Waals surface area contributed by atoms with E-state index in [2.05, 4.69) is 11.5 Å². The van der Waals surface area contributed by atoms with Gasteiger partial charge >= 0.3 is 0 Å². The monoisotopic (exact) mass is 215 g/mol. The topological polar surface area (TPSA) is 132 Å². The molecule has 1 rings (SSSR count). The zero-order valence-corrected chi connectivity index (χ0v) is 8.44. The molecule has 0 fully saturated rings. The van der Waals surface area contributed by atoms with Crippen LogP contribution < -0.4 is 16.8 Å². The van der Waals surface area contributed by atoms with E-state index < -0.39 is 0 Å². The summed E-state index contributed by atoms with van der Waals surface area (Å²) in [6.45, 7) is 2.61. The third-order valence-corrected chi connectivity index (χ3v) is 0.632. The molecule has 0 radical (unpaired) electrons. The lowest BCUT2D eigenvalue weighted by Crippen LogP contribution is -2.19. The molecule has 15 heavy (non-hydrogen) atoms. The van der Waals surface area contributed by atoms with Crippen LogP contribution in [0.5, 0.6) is 0 Å². The Morgan fingerprint density at radius 2 is 1.20 bits per heavy atom. The van der Waals surface area contributed by atoms with Gasteiger partial charge in [-0.05, 0) is 0 Å². The van der Waals surface area contributed by atoms with Gasteiger partial charge in [-0.1, -0.05) is 0 Å². The number of nitrogens with one attached hydrogen (secondary N) is 1. The fourth-order valence-electron chi connectivity index (χ4n) is 0.356. The summed E-state index contributed by atoms with van der Waals surface area (Å²) in [5.41, 5.74) is 8.94. The van der Waals surface area contributed by atoms with Crippen molar-refractivity contribution in [3.63, 3.8) is 0 Å². The second-order valence-corrected chi connectivity index (χ2v) is 2.41. The Hall–Kier alpha value is -2.18. The van der Waals surface area contributed by atoms with E-state index in [1.165, 1.54) is 26.0 Å². The molecular weight excluding hydrogens is 202 g/mol. The van der Waals surface area contributed by atoms with Gasteiger partial charge in [0.25, 0.3) is 11.8 Å². The number of imide groups is 1. The Labute approximate surface area is 86.5 Å². The van der Waals surface area contributed by atoms with Gasteiger partial charge in [-0.2, -0.15) is 0 Å². The van der Waals surface area contributed by atoms with E-state index in [4.69, 9.17) is 0 Å². The molecule has 0 saturated heterocycles. The van der Waals surface area contributed by atoms with Crippen molar-refractivity contribution in [1.82, 2.24) is 5.32 Å². The Morgan fingerprint density at radius 1 is 1.00 bits per heavy atom. The zero-order chi connectivity index (χ0) is 12.4. The molecule has 4 amide bonds. The van der Waals surface area contributed by atoms with Crippen molar-refractivity contribution in [3.05, 3.63) is 12.2 Å². The largest absolute Gasteiger partial charge is 0.370 e. The molecule has 0 aromatic rings. The highest BCUT2D eigenvalue weighted by Gasteiger charge is 2.06. The van der Waals surface area contributed by atoms with Gasteiger partial charge in [-0.3, -0.25) is 24.5 Å². The fraction of sp³-hybridized carbons (Fsp3) is 0.250. The summed E-state index contributed by atoms with van der Waals surface area (Å²) in [6, 6.07) is 0. The summed E-state index contributed by atoms with van der Waals surface area (Å²) in [5.74, 6) is -1.32. The molecule has 84 valence electrons. The number of primary amides is 2. The minimum Gasteiger partial charge on any atom is -0.370 e. The van der Waals surface area contributed by atoms with E-state index in [0.717, 1.165) is 0 Å². The van der Waals surface area contributed by atoms with Crippen LogP contribution in [0.3, 0.4) is 0 Å². The first-order valence-corrected chi connectivity index (χ1v) is 3.80. The smallest absolute Gasteiger partial charge is 0.250 e. The van der Waals surface area contributed by atoms with E-state index >= 15 is 0 Å². The van der Waals surface area contributed by atoms with Crippen LogP contribution >= 0.6 is 0 Å². The third-order valence-electron chi connectivity index (χ3n) is 0.632. The summed E-state index contributed by atoms with van der Waals surface area (Å²) in [5, 5.41) is 2.03. The summed E-state index contributed by atoms with van der Waals surface area (Å²) in [4.78, 5) is 38.5. The van der Waals surface area contributed by atoms with E-state index in [0.29, 0.717) is 0 Å². The molecule has 0 aromatic carbocycles. The highest BCUT2D eigenvalue weighted by atomic mass is 16.2. The standard InChI is InChI=1S/C4H3NO2.2C2H5NO/c6-3-1-2-4(7)5-3;2*1-2(3)4/h1-2H,(H,5,6,7);2*1H3,(H2,3,4). The first-order valence-electron chi connectivity index (χ1n) is 3.80. The molecule has 0 aliphatic carbocycles. The SMILES string of the molecule is CC(N)=O.CC(N)=O.O=C1C=CC(=O)N1. The van der Waals surface area contributed by atoms with Gasteiger partial charge in [0.15, 0.2) is 0 Å². The van der Waals surface area contributed by atoms with Gasteiger partial charge < -0.3 is 11.5 Å². The van der Waals surface area contributed by atoms with Crippen LogP contribution in [0.4, 0.5) is 0 Å². The predicted octanol–water partition coefficient (Wildman–Crippen LogP) is -1.82. The quantitative estimate of drug-likeness (QED) is 0.410. The maximum atomic E-state index is 10.0. The van der Waals surface area contributed by atoms with Gasteiger partial charge in [0.1, 0.15) is 0 Å². The molecule has 7 heteroatoms. The minimum atomic E-state index is -0.333. The van der Waals surface area contributed by atoms with Crippen molar-refractivity contribution in [2.45, 2.75) is 13.8 Å². The van der Waals surface area contributed by atoms with E-state index in [9.17, 15) is 19.2 Å². The molecule has 0 atom stereocenters. The molecule has 0 aromatic heterocycles. The van der Waals surface area contributed by atoms with Crippen molar-refractivity contribution in [3.8, 4) is 0 Å². The molecular formula is C8H13N3O4. The molecule has 1 heterocycles. The molecule has 1 aliphatic rings. The van der Waals surface area contributed by atoms with Gasteiger partial charge in [0.05, 0.1) is 0 Å². The third kappa shape index (κ3) is 24.5. The number of rotatable bonds is 0. The Balaban J connectivity index is 0. The second kappa shape index (κ2) is 8.42. The fourth-order valence-corrected chi connectivity index (χ4v) is 0.356. The van der Waals surface area contributed by atoms with Gasteiger partial charge in [-0.15, -0.1) is 0 Å². The van der Waals surface area contributed by atoms with Crippen LogP contribution in [0.15, 0.2) is 12.2 Å². The van der Waals surface area contributed by atoms with Crippen LogP contribution in [0, 0.1) is 0 Å². The lowest BCUT2D eigenvalue weighted by atomic mass is 10.6. The average molecular weight is 215 g/mol. The minimum absolute atomic E-state index is 0.329. The van der Waals surface area contributed by atoms with E-state index in [-0.39, 0.29) is 23.6 Å². The molecule has 7 nitrogen and oxygen atoms in total. The number of amides is 4. The van der Waals surface area contributed by atoms with Gasteiger partial charge in [0, 0.05) is 26.0 Å². The van der Waals surface area contributed by atoms with E-state index in [1.54, 1.807) is 0 Å². The number of carbonyl (C=O) groups is 4. The lowest BCUT2D eigenvalue weighted by molar-refractivity contribution is -0.123. The van der Waals surface area contributed by atoms with Crippen LogP contribution in [-0.4, -0.2) is 23.6 Å². The Kier molecular flexibility index (Phi) is 8.59. The normalized spacial score (nSPS) is 11.6. The lowest BCUT2D eigenvalue weighted by Gasteiger charge is -1.80. The summed E-state index contributed by atoms with van der Waals surface area (Å²) >= 11 is 0. The van der Waals surface area contributed by atoms with Crippen LogP contribution in [0.2, 0.25) is 0 Å². The molecule has 1 aliphatic heterocycles. The first kappa shape index (κ1) is 15.3. The summed E-state index contributed by atoms with van der Waals surface area (Å²) in [7, 11) is 0. The highest BCUT2D eigenvalue weighted by molar-refractivity contribution is 6.12. The van der Waals surface area contributed by atoms with E-state index in [1.807, 2.05) is 5.32 Å². The van der Waals surface area contributed by atoms with Crippen molar-refractivity contribution in [2.24, 2.45) is 11.5 Å². The van der Waals surface area contributed by atoms with Crippen molar-refractivity contribution < 1.29 is 19.2 Å². The van der Waals surface area contributed by atoms with Crippen molar-refractivity contribution >= 4 is 23.6 Å². The van der Waals surface area contributed by atoms with Crippen LogP contribution in [0.1, 0.15) is 13.8 Å². The van der Waals surface area contributed by atoms with Crippen molar-refractivity contribution in [2.75, 3.05) is 0 Å². The van der Waals surface area contributed by atoms with Crippen LogP contribution in [0.25, 0.3) is 0 Å².